The number of nitrogens with one attached hydrogen (secondary N) is 1. The summed E-state index contributed by atoms with van der Waals surface area (Å²) in [6.45, 7) is 0.264. The van der Waals surface area contributed by atoms with E-state index in [1.807, 2.05) is 0 Å². The summed E-state index contributed by atoms with van der Waals surface area (Å²) in [6.07, 6.45) is -5.11. The molecule has 0 spiro atoms. The summed E-state index contributed by atoms with van der Waals surface area (Å²) < 4.78 is 46.1. The minimum Gasteiger partial charge on any atom is -0.481 e. The first-order valence-corrected chi connectivity index (χ1v) is 13.2. The largest absolute Gasteiger partial charge is 0.481 e. The smallest absolute Gasteiger partial charge is 0.416 e. The van der Waals surface area contributed by atoms with Crippen LogP contribution in [0.3, 0.4) is 0 Å². The number of carbonyl (C=O) groups excluding carboxylic acids is 3. The number of aliphatic carboxylic acids is 1. The number of aromatic nitrogens is 2. The normalized spacial score (nSPS) is 14.2. The number of hydrogen-bond acceptors (Lipinski definition) is 7. The van der Waals surface area contributed by atoms with E-state index in [0.29, 0.717) is 11.4 Å². The van der Waals surface area contributed by atoms with Gasteiger partial charge in [-0.25, -0.2) is 4.68 Å². The highest BCUT2D eigenvalue weighted by Gasteiger charge is 2.33. The van der Waals surface area contributed by atoms with Crippen molar-refractivity contribution in [1.82, 2.24) is 20.0 Å². The van der Waals surface area contributed by atoms with E-state index in [-0.39, 0.29) is 44.2 Å². The fraction of sp³-hybridized carbons (Fsp3) is 0.321. The predicted octanol–water partition coefficient (Wildman–Crippen LogP) is 2.07. The van der Waals surface area contributed by atoms with E-state index in [1.165, 1.54) is 21.7 Å². The molecule has 2 heterocycles. The summed E-state index contributed by atoms with van der Waals surface area (Å²) in [5, 5.41) is 16.0. The first-order valence-electron chi connectivity index (χ1n) is 13.2. The quantitative estimate of drug-likeness (QED) is 0.301. The number of benzene rings is 2. The minimum atomic E-state index is -4.49. The third-order valence-corrected chi connectivity index (χ3v) is 6.65. The Hall–Kier alpha value is -5.08. The molecule has 1 fully saturated rings. The number of rotatable bonds is 11. The van der Waals surface area contributed by atoms with Gasteiger partial charge in [0.25, 0.3) is 11.8 Å². The molecular formula is C28H29F3N6O6. The highest BCUT2D eigenvalue weighted by atomic mass is 19.4. The van der Waals surface area contributed by atoms with E-state index in [2.05, 4.69) is 10.4 Å². The maximum Gasteiger partial charge on any atom is 0.416 e. The van der Waals surface area contributed by atoms with Crippen LogP contribution >= 0.6 is 0 Å². The monoisotopic (exact) mass is 602 g/mol. The molecule has 0 aliphatic carbocycles. The van der Waals surface area contributed by atoms with Gasteiger partial charge in [-0.15, -0.1) is 0 Å². The van der Waals surface area contributed by atoms with Gasteiger partial charge in [0.2, 0.25) is 11.8 Å². The third kappa shape index (κ3) is 8.02. The second-order valence-electron chi connectivity index (χ2n) is 9.69. The molecule has 0 saturated carbocycles. The number of hydrogen-bond donors (Lipinski definition) is 3. The van der Waals surface area contributed by atoms with Gasteiger partial charge in [-0.3, -0.25) is 19.2 Å². The summed E-state index contributed by atoms with van der Waals surface area (Å²) in [6, 6.07) is 13.5. The minimum absolute atomic E-state index is 0.0364. The van der Waals surface area contributed by atoms with Gasteiger partial charge in [0.15, 0.2) is 12.3 Å². The zero-order valence-corrected chi connectivity index (χ0v) is 22.8. The van der Waals surface area contributed by atoms with E-state index in [1.54, 1.807) is 41.3 Å². The van der Waals surface area contributed by atoms with Gasteiger partial charge in [0, 0.05) is 44.4 Å². The Labute approximate surface area is 243 Å². The molecule has 4 N–H and O–H groups in total. The zero-order valence-electron chi connectivity index (χ0n) is 22.8. The van der Waals surface area contributed by atoms with Crippen molar-refractivity contribution < 1.29 is 42.2 Å². The van der Waals surface area contributed by atoms with Gasteiger partial charge < -0.3 is 30.7 Å². The Morgan fingerprint density at radius 2 is 1.65 bits per heavy atom. The van der Waals surface area contributed by atoms with Crippen LogP contribution in [0.2, 0.25) is 0 Å². The highest BCUT2D eigenvalue weighted by molar-refractivity contribution is 5.96. The molecule has 4 rings (SSSR count). The molecule has 1 aliphatic heterocycles. The summed E-state index contributed by atoms with van der Waals surface area (Å²) in [7, 11) is 0. The highest BCUT2D eigenvalue weighted by Crippen LogP contribution is 2.32. The van der Waals surface area contributed by atoms with Crippen molar-refractivity contribution in [1.29, 1.82) is 0 Å². The average Bonchev–Trinajstić information content (AvgIpc) is 3.42. The summed E-state index contributed by atoms with van der Waals surface area (Å²) in [5.41, 5.74) is 5.11. The number of carbonyl (C=O) groups is 4. The van der Waals surface area contributed by atoms with Crippen LogP contribution in [0.15, 0.2) is 60.7 Å². The maximum atomic E-state index is 13.4. The number of primary amides is 1. The van der Waals surface area contributed by atoms with Crippen LogP contribution < -0.4 is 20.7 Å². The van der Waals surface area contributed by atoms with Crippen LogP contribution in [0.4, 0.5) is 18.9 Å². The second kappa shape index (κ2) is 13.3. The van der Waals surface area contributed by atoms with E-state index in [4.69, 9.17) is 10.5 Å². The van der Waals surface area contributed by atoms with Gasteiger partial charge in [-0.05, 0) is 36.8 Å². The van der Waals surface area contributed by atoms with Crippen molar-refractivity contribution >= 4 is 29.4 Å². The Morgan fingerprint density at radius 3 is 2.28 bits per heavy atom. The molecule has 1 saturated heterocycles. The van der Waals surface area contributed by atoms with Gasteiger partial charge in [-0.1, -0.05) is 24.3 Å². The van der Waals surface area contributed by atoms with E-state index in [0.717, 1.165) is 12.1 Å². The number of nitrogens with two attached hydrogens (primary N) is 1. The standard InChI is InChI=1S/C28H29F3N6O6/c29-28(30,31)18-5-4-8-20(15-18)35-11-13-36(14-12-35)27(42)21(9-10-25(39)40)33-26(41)22-16-24(43-17-23(32)38)37(34-22)19-6-2-1-3-7-19/h1-8,15-16,21H,9-14,17H2,(H2,32,38)(H,33,41)(H,39,40)/t21-/m0/s1. The van der Waals surface area contributed by atoms with Gasteiger partial charge in [0.1, 0.15) is 6.04 Å². The van der Waals surface area contributed by atoms with Gasteiger partial charge >= 0.3 is 12.1 Å². The zero-order chi connectivity index (χ0) is 31.1. The van der Waals surface area contributed by atoms with Crippen LogP contribution in [-0.2, 0) is 20.6 Å². The van der Waals surface area contributed by atoms with E-state index < -0.39 is 54.5 Å². The third-order valence-electron chi connectivity index (χ3n) is 6.65. The molecule has 3 aromatic rings. The molecule has 0 unspecified atom stereocenters. The number of nitrogens with zero attached hydrogens (tertiary/aromatic N) is 4. The van der Waals surface area contributed by atoms with Gasteiger partial charge in [0.05, 0.1) is 11.3 Å². The van der Waals surface area contributed by atoms with Crippen molar-refractivity contribution in [3.63, 3.8) is 0 Å². The predicted molar refractivity (Wildman–Crippen MR) is 147 cm³/mol. The van der Waals surface area contributed by atoms with Gasteiger partial charge in [-0.2, -0.15) is 18.3 Å². The fourth-order valence-electron chi connectivity index (χ4n) is 4.52. The number of para-hydroxylation sites is 1. The average molecular weight is 603 g/mol. The lowest BCUT2D eigenvalue weighted by Gasteiger charge is -2.37. The number of amides is 3. The summed E-state index contributed by atoms with van der Waals surface area (Å²) in [4.78, 5) is 52.4. The lowest BCUT2D eigenvalue weighted by Crippen LogP contribution is -2.55. The number of alkyl halides is 3. The number of halogens is 3. The number of carboxylic acid groups (broad SMARTS) is 1. The molecule has 12 nitrogen and oxygen atoms in total. The van der Waals surface area contributed by atoms with E-state index >= 15 is 0 Å². The molecule has 1 aliphatic rings. The number of ether oxygens (including phenoxy) is 1. The molecule has 3 amide bonds. The molecule has 1 atom stereocenters. The van der Waals surface area contributed by atoms with E-state index in [9.17, 15) is 37.5 Å². The number of carboxylic acids is 1. The maximum absolute atomic E-state index is 13.4. The number of piperazine rings is 1. The Kier molecular flexibility index (Phi) is 9.52. The topological polar surface area (TPSA) is 160 Å². The molecule has 1 aromatic heterocycles. The van der Waals surface area contributed by atoms with Crippen LogP contribution in [0.5, 0.6) is 5.88 Å². The number of anilines is 1. The SMILES string of the molecule is NC(=O)COc1cc(C(=O)N[C@@H](CCC(=O)O)C(=O)N2CCN(c3cccc(C(F)(F)F)c3)CC2)nn1-c1ccccc1. The first-order chi connectivity index (χ1) is 20.4. The Morgan fingerprint density at radius 1 is 0.977 bits per heavy atom. The molecule has 43 heavy (non-hydrogen) atoms. The Balaban J connectivity index is 1.48. The summed E-state index contributed by atoms with van der Waals surface area (Å²) >= 11 is 0. The van der Waals surface area contributed by atoms with Crippen molar-refractivity contribution in [3.05, 3.63) is 71.9 Å². The summed E-state index contributed by atoms with van der Waals surface area (Å²) in [5.74, 6) is -3.21. The van der Waals surface area contributed by atoms with Crippen LogP contribution in [-0.4, -0.2) is 82.3 Å². The van der Waals surface area contributed by atoms with Crippen LogP contribution in [0, 0.1) is 0 Å². The molecule has 228 valence electrons. The lowest BCUT2D eigenvalue weighted by molar-refractivity contribution is -0.138. The Bertz CT molecular complexity index is 1470. The molecule has 15 heteroatoms. The fourth-order valence-corrected chi connectivity index (χ4v) is 4.52. The van der Waals surface area contributed by atoms with Crippen molar-refractivity contribution in [3.8, 4) is 11.6 Å². The van der Waals surface area contributed by atoms with Crippen molar-refractivity contribution in [2.45, 2.75) is 25.1 Å². The van der Waals surface area contributed by atoms with Crippen LogP contribution in [0.1, 0.15) is 28.9 Å². The molecule has 0 bridgehead atoms. The van der Waals surface area contributed by atoms with Crippen molar-refractivity contribution in [2.24, 2.45) is 5.73 Å². The second-order valence-corrected chi connectivity index (χ2v) is 9.69. The molecule has 0 radical (unpaired) electrons. The van der Waals surface area contributed by atoms with Crippen LogP contribution in [0.25, 0.3) is 5.69 Å². The molecule has 2 aromatic carbocycles. The lowest BCUT2D eigenvalue weighted by atomic mass is 10.1. The van der Waals surface area contributed by atoms with Crippen molar-refractivity contribution in [2.75, 3.05) is 37.7 Å². The first kappa shape index (κ1) is 30.9. The molecular weight excluding hydrogens is 573 g/mol.